The first-order chi connectivity index (χ1) is 6.34. The van der Waals surface area contributed by atoms with Crippen molar-refractivity contribution in [3.8, 4) is 0 Å². The topological polar surface area (TPSA) is 0 Å². The summed E-state index contributed by atoms with van der Waals surface area (Å²) in [7, 11) is 0. The zero-order valence-corrected chi connectivity index (χ0v) is 8.16. The Labute approximate surface area is 84.9 Å². The van der Waals surface area contributed by atoms with E-state index in [2.05, 4.69) is 15.9 Å². The summed E-state index contributed by atoms with van der Waals surface area (Å²) in [6.45, 7) is 0. The molecule has 0 saturated heterocycles. The Hall–Kier alpha value is -0.650. The van der Waals surface area contributed by atoms with Gasteiger partial charge in [0.2, 0.25) is 0 Å². The van der Waals surface area contributed by atoms with E-state index in [0.29, 0.717) is 0 Å². The van der Waals surface area contributed by atoms with Gasteiger partial charge in [-0.3, -0.25) is 0 Å². The van der Waals surface area contributed by atoms with Crippen LogP contribution in [-0.4, -0.2) is 6.18 Å². The van der Waals surface area contributed by atoms with E-state index in [9.17, 15) is 22.0 Å². The maximum atomic E-state index is 12.9. The summed E-state index contributed by atoms with van der Waals surface area (Å²) in [6.07, 6.45) is -4.72. The van der Waals surface area contributed by atoms with Crippen molar-refractivity contribution in [3.63, 3.8) is 0 Å². The molecule has 0 aliphatic carbocycles. The first-order valence-corrected chi connectivity index (χ1v) is 4.40. The molecule has 0 nitrogen and oxygen atoms in total. The molecule has 0 heterocycles. The smallest absolute Gasteiger partial charge is 0.207 e. The van der Waals surface area contributed by atoms with Gasteiger partial charge < -0.3 is 0 Å². The van der Waals surface area contributed by atoms with Crippen molar-refractivity contribution < 1.29 is 22.0 Å². The predicted octanol–water partition coefficient (Wildman–Crippen LogP) is 3.96. The third-order valence-electron chi connectivity index (χ3n) is 1.54. The van der Waals surface area contributed by atoms with E-state index >= 15 is 0 Å². The van der Waals surface area contributed by atoms with Crippen LogP contribution in [0.25, 0.3) is 0 Å². The van der Waals surface area contributed by atoms with Crippen molar-refractivity contribution in [2.45, 2.75) is 11.0 Å². The fourth-order valence-electron chi connectivity index (χ4n) is 0.916. The van der Waals surface area contributed by atoms with E-state index in [1.807, 2.05) is 0 Å². The standard InChI is InChI=1S/C8H4BrF5/c9-7(8(12,13)14)6-4(10)2-1-3-5(6)11/h1-3,7H. The van der Waals surface area contributed by atoms with Gasteiger partial charge in [0.15, 0.2) is 0 Å². The Bertz CT molecular complexity index is 313. The molecule has 0 radical (unpaired) electrons. The molecule has 14 heavy (non-hydrogen) atoms. The highest BCUT2D eigenvalue weighted by atomic mass is 79.9. The van der Waals surface area contributed by atoms with E-state index in [4.69, 9.17) is 0 Å². The summed E-state index contributed by atoms with van der Waals surface area (Å²) in [5, 5.41) is 0. The Balaban J connectivity index is 3.19. The summed E-state index contributed by atoms with van der Waals surface area (Å²) < 4.78 is 62.1. The van der Waals surface area contributed by atoms with Gasteiger partial charge in [-0.15, -0.1) is 0 Å². The van der Waals surface area contributed by atoms with Crippen LogP contribution in [0.5, 0.6) is 0 Å². The lowest BCUT2D eigenvalue weighted by atomic mass is 10.1. The van der Waals surface area contributed by atoms with Crippen LogP contribution in [0.1, 0.15) is 10.4 Å². The lowest BCUT2D eigenvalue weighted by Gasteiger charge is -2.15. The molecule has 78 valence electrons. The molecule has 1 aromatic rings. The second-order valence-corrected chi connectivity index (χ2v) is 3.46. The minimum atomic E-state index is -4.72. The Morgan fingerprint density at radius 1 is 1.07 bits per heavy atom. The fourth-order valence-corrected chi connectivity index (χ4v) is 1.35. The van der Waals surface area contributed by atoms with Gasteiger partial charge in [-0.1, -0.05) is 22.0 Å². The van der Waals surface area contributed by atoms with Crippen LogP contribution in [-0.2, 0) is 0 Å². The zero-order valence-electron chi connectivity index (χ0n) is 6.58. The first-order valence-electron chi connectivity index (χ1n) is 3.48. The van der Waals surface area contributed by atoms with E-state index in [-0.39, 0.29) is 0 Å². The van der Waals surface area contributed by atoms with Crippen LogP contribution < -0.4 is 0 Å². The average Bonchev–Trinajstić information content (AvgIpc) is 2.01. The van der Waals surface area contributed by atoms with Crippen molar-refractivity contribution in [1.29, 1.82) is 0 Å². The van der Waals surface area contributed by atoms with Gasteiger partial charge in [-0.05, 0) is 12.1 Å². The molecule has 1 atom stereocenters. The third kappa shape index (κ3) is 2.23. The van der Waals surface area contributed by atoms with Gasteiger partial charge in [-0.25, -0.2) is 8.78 Å². The number of rotatable bonds is 1. The molecule has 0 aromatic heterocycles. The summed E-state index contributed by atoms with van der Waals surface area (Å²) in [5.74, 6) is -2.44. The minimum absolute atomic E-state index is 0.776. The first kappa shape index (κ1) is 11.4. The van der Waals surface area contributed by atoms with Crippen molar-refractivity contribution >= 4 is 15.9 Å². The second kappa shape index (κ2) is 3.84. The summed E-state index contributed by atoms with van der Waals surface area (Å²) in [5.41, 5.74) is -1.01. The highest BCUT2D eigenvalue weighted by Crippen LogP contribution is 2.41. The molecule has 0 spiro atoms. The van der Waals surface area contributed by atoms with Gasteiger partial charge in [0.25, 0.3) is 0 Å². The number of hydrogen-bond acceptors (Lipinski definition) is 0. The van der Waals surface area contributed by atoms with Crippen LogP contribution in [0.4, 0.5) is 22.0 Å². The molecule has 6 heteroatoms. The van der Waals surface area contributed by atoms with Gasteiger partial charge >= 0.3 is 6.18 Å². The van der Waals surface area contributed by atoms with Crippen LogP contribution in [0.15, 0.2) is 18.2 Å². The number of halogens is 6. The SMILES string of the molecule is Fc1cccc(F)c1C(Br)C(F)(F)F. The molecular weight excluding hydrogens is 271 g/mol. The highest BCUT2D eigenvalue weighted by Gasteiger charge is 2.41. The molecule has 0 N–H and O–H groups in total. The molecule has 0 fully saturated rings. The number of alkyl halides is 4. The third-order valence-corrected chi connectivity index (χ3v) is 2.52. The Kier molecular flexibility index (Phi) is 3.14. The van der Waals surface area contributed by atoms with Crippen LogP contribution in [0.3, 0.4) is 0 Å². The molecule has 0 aliphatic rings. The summed E-state index contributed by atoms with van der Waals surface area (Å²) in [4.78, 5) is -2.32. The Morgan fingerprint density at radius 3 is 1.86 bits per heavy atom. The van der Waals surface area contributed by atoms with E-state index in [1.165, 1.54) is 0 Å². The monoisotopic (exact) mass is 274 g/mol. The average molecular weight is 275 g/mol. The molecular formula is C8H4BrF5. The molecule has 1 aromatic carbocycles. The molecule has 0 aliphatic heterocycles. The minimum Gasteiger partial charge on any atom is -0.207 e. The molecule has 0 saturated carbocycles. The summed E-state index contributed by atoms with van der Waals surface area (Å²) in [6, 6.07) is 2.56. The predicted molar refractivity (Wildman–Crippen MR) is 44.1 cm³/mol. The van der Waals surface area contributed by atoms with Crippen LogP contribution in [0.2, 0.25) is 0 Å². The lowest BCUT2D eigenvalue weighted by molar-refractivity contribution is -0.129. The van der Waals surface area contributed by atoms with E-state index in [1.54, 1.807) is 0 Å². The van der Waals surface area contributed by atoms with Gasteiger partial charge in [0, 0.05) is 5.56 Å². The largest absolute Gasteiger partial charge is 0.405 e. The lowest BCUT2D eigenvalue weighted by Crippen LogP contribution is -2.17. The summed E-state index contributed by atoms with van der Waals surface area (Å²) >= 11 is 2.20. The maximum Gasteiger partial charge on any atom is 0.405 e. The van der Waals surface area contributed by atoms with Crippen LogP contribution in [0, 0.1) is 11.6 Å². The normalized spacial score (nSPS) is 14.1. The molecule has 1 rings (SSSR count). The zero-order chi connectivity index (χ0) is 10.9. The van der Waals surface area contributed by atoms with Gasteiger partial charge in [0.1, 0.15) is 16.5 Å². The number of hydrogen-bond donors (Lipinski definition) is 0. The maximum absolute atomic E-state index is 12.9. The van der Waals surface area contributed by atoms with Crippen LogP contribution >= 0.6 is 15.9 Å². The quantitative estimate of drug-likeness (QED) is 0.537. The molecule has 1 unspecified atom stereocenters. The van der Waals surface area contributed by atoms with Gasteiger partial charge in [-0.2, -0.15) is 13.2 Å². The Morgan fingerprint density at radius 2 is 1.50 bits per heavy atom. The van der Waals surface area contributed by atoms with E-state index in [0.717, 1.165) is 18.2 Å². The fraction of sp³-hybridized carbons (Fsp3) is 0.250. The van der Waals surface area contributed by atoms with Crippen molar-refractivity contribution in [3.05, 3.63) is 35.4 Å². The van der Waals surface area contributed by atoms with Crippen molar-refractivity contribution in [2.75, 3.05) is 0 Å². The van der Waals surface area contributed by atoms with E-state index < -0.39 is 28.2 Å². The highest BCUT2D eigenvalue weighted by molar-refractivity contribution is 9.09. The molecule has 0 amide bonds. The van der Waals surface area contributed by atoms with Gasteiger partial charge in [0.05, 0.1) is 0 Å². The number of benzene rings is 1. The van der Waals surface area contributed by atoms with Crippen molar-refractivity contribution in [1.82, 2.24) is 0 Å². The van der Waals surface area contributed by atoms with Crippen molar-refractivity contribution in [2.24, 2.45) is 0 Å². The molecule has 0 bridgehead atoms. The second-order valence-electron chi connectivity index (χ2n) is 2.54.